The number of hydrogen-bond donors (Lipinski definition) is 1. The molecule has 4 rings (SSSR count). The van der Waals surface area contributed by atoms with Gasteiger partial charge in [-0.15, -0.1) is 0 Å². The number of benzene rings is 2. The number of carbonyl (C=O) groups is 1. The van der Waals surface area contributed by atoms with E-state index in [2.05, 4.69) is 40.5 Å². The normalized spacial score (nSPS) is 22.2. The molecular weight excluding hydrogens is 298 g/mol. The van der Waals surface area contributed by atoms with Gasteiger partial charge in [0.15, 0.2) is 0 Å². The maximum absolute atomic E-state index is 12.7. The number of rotatable bonds is 3. The zero-order chi connectivity index (χ0) is 16.4. The third kappa shape index (κ3) is 3.17. The van der Waals surface area contributed by atoms with Crippen molar-refractivity contribution in [1.29, 1.82) is 0 Å². The maximum Gasteiger partial charge on any atom is 0.227 e. The smallest absolute Gasteiger partial charge is 0.227 e. The van der Waals surface area contributed by atoms with Crippen LogP contribution in [0.15, 0.2) is 42.5 Å². The molecule has 0 spiro atoms. The van der Waals surface area contributed by atoms with E-state index in [1.165, 1.54) is 17.2 Å². The Bertz CT molecular complexity index is 710. The number of nitrogens with zero attached hydrogens (tertiary/aromatic N) is 2. The highest BCUT2D eigenvalue weighted by Crippen LogP contribution is 2.20. The molecule has 4 heteroatoms. The van der Waals surface area contributed by atoms with Crippen LogP contribution < -0.4 is 5.32 Å². The zero-order valence-electron chi connectivity index (χ0n) is 14.1. The maximum atomic E-state index is 12.7. The summed E-state index contributed by atoms with van der Waals surface area (Å²) in [6, 6.07) is 15.2. The van der Waals surface area contributed by atoms with Gasteiger partial charge in [0.2, 0.25) is 5.91 Å². The summed E-state index contributed by atoms with van der Waals surface area (Å²) in [4.78, 5) is 17.3. The van der Waals surface area contributed by atoms with Gasteiger partial charge >= 0.3 is 0 Å². The fraction of sp³-hybridized carbons (Fsp3) is 0.450. The number of piperazine rings is 1. The summed E-state index contributed by atoms with van der Waals surface area (Å²) in [7, 11) is 0. The van der Waals surface area contributed by atoms with E-state index in [4.69, 9.17) is 0 Å². The van der Waals surface area contributed by atoms with Gasteiger partial charge in [-0.25, -0.2) is 0 Å². The van der Waals surface area contributed by atoms with Crippen LogP contribution in [0.5, 0.6) is 0 Å². The standard InChI is InChI=1S/C20H25N3O/c24-20(14-17-6-3-5-16-4-1-2-7-19(16)17)23-12-10-22(11-13-23)18-8-9-21-15-18/h1-7,18,21H,8-15H2. The lowest BCUT2D eigenvalue weighted by Crippen LogP contribution is -2.52. The molecule has 0 aliphatic carbocycles. The van der Waals surface area contributed by atoms with Crippen LogP contribution in [0, 0.1) is 0 Å². The molecule has 2 saturated heterocycles. The lowest BCUT2D eigenvalue weighted by Gasteiger charge is -2.37. The van der Waals surface area contributed by atoms with Crippen molar-refractivity contribution in [3.05, 3.63) is 48.0 Å². The highest BCUT2D eigenvalue weighted by molar-refractivity contribution is 5.90. The second kappa shape index (κ2) is 6.91. The first-order chi connectivity index (χ1) is 11.8. The lowest BCUT2D eigenvalue weighted by atomic mass is 10.0. The Hall–Kier alpha value is -1.91. The first-order valence-corrected chi connectivity index (χ1v) is 9.00. The molecule has 2 aliphatic rings. The fourth-order valence-corrected chi connectivity index (χ4v) is 4.01. The van der Waals surface area contributed by atoms with Gasteiger partial charge in [-0.3, -0.25) is 9.69 Å². The van der Waals surface area contributed by atoms with Gasteiger partial charge in [0.05, 0.1) is 6.42 Å². The largest absolute Gasteiger partial charge is 0.340 e. The highest BCUT2D eigenvalue weighted by atomic mass is 16.2. The van der Waals surface area contributed by atoms with Crippen molar-refractivity contribution in [2.24, 2.45) is 0 Å². The molecule has 24 heavy (non-hydrogen) atoms. The van der Waals surface area contributed by atoms with Crippen LogP contribution in [-0.2, 0) is 11.2 Å². The molecule has 0 bridgehead atoms. The van der Waals surface area contributed by atoms with Gasteiger partial charge in [0.25, 0.3) is 0 Å². The molecular formula is C20H25N3O. The van der Waals surface area contributed by atoms with Crippen LogP contribution in [-0.4, -0.2) is 61.0 Å². The average molecular weight is 323 g/mol. The first-order valence-electron chi connectivity index (χ1n) is 9.00. The van der Waals surface area contributed by atoms with Gasteiger partial charge in [0.1, 0.15) is 0 Å². The van der Waals surface area contributed by atoms with Crippen molar-refractivity contribution in [3.63, 3.8) is 0 Å². The summed E-state index contributed by atoms with van der Waals surface area (Å²) in [6.07, 6.45) is 1.75. The van der Waals surface area contributed by atoms with E-state index in [0.717, 1.165) is 44.8 Å². The van der Waals surface area contributed by atoms with Crippen molar-refractivity contribution < 1.29 is 4.79 Å². The van der Waals surface area contributed by atoms with Gasteiger partial charge in [-0.2, -0.15) is 0 Å². The quantitative estimate of drug-likeness (QED) is 0.937. The molecule has 0 radical (unpaired) electrons. The van der Waals surface area contributed by atoms with Crippen molar-refractivity contribution >= 4 is 16.7 Å². The Morgan fingerprint density at radius 2 is 1.83 bits per heavy atom. The second-order valence-corrected chi connectivity index (χ2v) is 6.88. The summed E-state index contributed by atoms with van der Waals surface area (Å²) in [5, 5.41) is 5.84. The van der Waals surface area contributed by atoms with E-state index in [-0.39, 0.29) is 5.91 Å². The van der Waals surface area contributed by atoms with Crippen LogP contribution in [0.4, 0.5) is 0 Å². The van der Waals surface area contributed by atoms with Crippen LogP contribution >= 0.6 is 0 Å². The minimum atomic E-state index is 0.260. The number of fused-ring (bicyclic) bond motifs is 1. The van der Waals surface area contributed by atoms with Crippen molar-refractivity contribution in [2.75, 3.05) is 39.3 Å². The third-order valence-corrected chi connectivity index (χ3v) is 5.44. The molecule has 0 saturated carbocycles. The Labute approximate surface area is 143 Å². The summed E-state index contributed by atoms with van der Waals surface area (Å²) in [6.45, 7) is 5.97. The summed E-state index contributed by atoms with van der Waals surface area (Å²) in [5.41, 5.74) is 1.14. The van der Waals surface area contributed by atoms with E-state index in [1.807, 2.05) is 17.0 Å². The highest BCUT2D eigenvalue weighted by Gasteiger charge is 2.27. The summed E-state index contributed by atoms with van der Waals surface area (Å²) >= 11 is 0. The first kappa shape index (κ1) is 15.6. The van der Waals surface area contributed by atoms with Crippen LogP contribution in [0.1, 0.15) is 12.0 Å². The van der Waals surface area contributed by atoms with Gasteiger partial charge in [0, 0.05) is 38.8 Å². The fourth-order valence-electron chi connectivity index (χ4n) is 4.01. The Morgan fingerprint density at radius 1 is 1.04 bits per heavy atom. The minimum Gasteiger partial charge on any atom is -0.340 e. The average Bonchev–Trinajstić information content (AvgIpc) is 3.17. The molecule has 2 aromatic carbocycles. The molecule has 126 valence electrons. The van der Waals surface area contributed by atoms with E-state index >= 15 is 0 Å². The molecule has 2 aliphatic heterocycles. The second-order valence-electron chi connectivity index (χ2n) is 6.88. The molecule has 0 aromatic heterocycles. The molecule has 2 fully saturated rings. The predicted octanol–water partition coefficient (Wildman–Crippen LogP) is 1.89. The molecule has 1 N–H and O–H groups in total. The summed E-state index contributed by atoms with van der Waals surface area (Å²) < 4.78 is 0. The SMILES string of the molecule is O=C(Cc1cccc2ccccc12)N1CCN(C2CCNC2)CC1. The van der Waals surface area contributed by atoms with E-state index in [0.29, 0.717) is 12.5 Å². The molecule has 2 aromatic rings. The molecule has 2 heterocycles. The van der Waals surface area contributed by atoms with Crippen molar-refractivity contribution in [2.45, 2.75) is 18.9 Å². The third-order valence-electron chi connectivity index (χ3n) is 5.44. The Morgan fingerprint density at radius 3 is 2.62 bits per heavy atom. The van der Waals surface area contributed by atoms with Gasteiger partial charge in [-0.05, 0) is 29.3 Å². The number of hydrogen-bond acceptors (Lipinski definition) is 3. The Kier molecular flexibility index (Phi) is 4.50. The molecule has 4 nitrogen and oxygen atoms in total. The molecule has 1 amide bonds. The predicted molar refractivity (Wildman–Crippen MR) is 97.1 cm³/mol. The van der Waals surface area contributed by atoms with E-state index in [1.54, 1.807) is 0 Å². The van der Waals surface area contributed by atoms with Gasteiger partial charge in [-0.1, -0.05) is 42.5 Å². The number of carbonyl (C=O) groups excluding carboxylic acids is 1. The minimum absolute atomic E-state index is 0.260. The van der Waals surface area contributed by atoms with Crippen molar-refractivity contribution in [1.82, 2.24) is 15.1 Å². The topological polar surface area (TPSA) is 35.6 Å². The Balaban J connectivity index is 1.39. The lowest BCUT2D eigenvalue weighted by molar-refractivity contribution is -0.132. The van der Waals surface area contributed by atoms with Crippen molar-refractivity contribution in [3.8, 4) is 0 Å². The van der Waals surface area contributed by atoms with Crippen LogP contribution in [0.3, 0.4) is 0 Å². The van der Waals surface area contributed by atoms with Crippen LogP contribution in [0.2, 0.25) is 0 Å². The monoisotopic (exact) mass is 323 g/mol. The molecule has 1 atom stereocenters. The number of nitrogens with one attached hydrogen (secondary N) is 1. The van der Waals surface area contributed by atoms with E-state index in [9.17, 15) is 4.79 Å². The zero-order valence-corrected chi connectivity index (χ0v) is 14.1. The molecule has 1 unspecified atom stereocenters. The van der Waals surface area contributed by atoms with E-state index < -0.39 is 0 Å². The van der Waals surface area contributed by atoms with Crippen LogP contribution in [0.25, 0.3) is 10.8 Å². The van der Waals surface area contributed by atoms with Gasteiger partial charge < -0.3 is 10.2 Å². The number of amides is 1. The summed E-state index contributed by atoms with van der Waals surface area (Å²) in [5.74, 6) is 0.260.